The third-order valence-electron chi connectivity index (χ3n) is 4.59. The summed E-state index contributed by atoms with van der Waals surface area (Å²) in [6.45, 7) is 1.25. The van der Waals surface area contributed by atoms with E-state index in [-0.39, 0.29) is 12.1 Å². The molecule has 2 heterocycles. The number of aromatic nitrogens is 3. The molecule has 2 aromatic carbocycles. The topological polar surface area (TPSA) is 69.5 Å². The van der Waals surface area contributed by atoms with Crippen molar-refractivity contribution in [3.8, 4) is 11.5 Å². The molecular formula is C19H20N4O3. The van der Waals surface area contributed by atoms with Gasteiger partial charge in [0.1, 0.15) is 23.1 Å². The van der Waals surface area contributed by atoms with Crippen molar-refractivity contribution in [1.29, 1.82) is 0 Å². The summed E-state index contributed by atoms with van der Waals surface area (Å²) in [5.41, 5.74) is 1.45. The smallest absolute Gasteiger partial charge is 0.346 e. The van der Waals surface area contributed by atoms with Crippen molar-refractivity contribution in [3.05, 3.63) is 48.5 Å². The lowest BCUT2D eigenvalue weighted by atomic mass is 10.1. The first-order valence-corrected chi connectivity index (χ1v) is 8.65. The molecule has 0 saturated carbocycles. The SMILES string of the molecule is COc1cccc(OC2CCN(C(=O)n3nnc4ccccc43)CC2)c1. The quantitative estimate of drug-likeness (QED) is 0.725. The van der Waals surface area contributed by atoms with E-state index in [1.807, 2.05) is 48.5 Å². The van der Waals surface area contributed by atoms with Crippen molar-refractivity contribution >= 4 is 17.1 Å². The van der Waals surface area contributed by atoms with Gasteiger partial charge in [0.15, 0.2) is 0 Å². The minimum Gasteiger partial charge on any atom is -0.497 e. The lowest BCUT2D eigenvalue weighted by molar-refractivity contribution is 0.110. The molecule has 1 aromatic heterocycles. The summed E-state index contributed by atoms with van der Waals surface area (Å²) in [6.07, 6.45) is 1.63. The Morgan fingerprint density at radius 2 is 1.85 bits per heavy atom. The van der Waals surface area contributed by atoms with Crippen molar-refractivity contribution < 1.29 is 14.3 Å². The molecule has 0 aliphatic carbocycles. The number of methoxy groups -OCH3 is 1. The normalized spacial score (nSPS) is 15.2. The summed E-state index contributed by atoms with van der Waals surface area (Å²) in [5.74, 6) is 1.56. The van der Waals surface area contributed by atoms with Crippen molar-refractivity contribution in [1.82, 2.24) is 19.9 Å². The van der Waals surface area contributed by atoms with Gasteiger partial charge in [0.25, 0.3) is 0 Å². The van der Waals surface area contributed by atoms with Crippen LogP contribution in [0.15, 0.2) is 48.5 Å². The maximum atomic E-state index is 12.8. The summed E-state index contributed by atoms with van der Waals surface area (Å²) >= 11 is 0. The maximum Gasteiger partial charge on any atom is 0.346 e. The summed E-state index contributed by atoms with van der Waals surface area (Å²) in [5, 5.41) is 8.06. The largest absolute Gasteiger partial charge is 0.497 e. The Morgan fingerprint density at radius 1 is 1.08 bits per heavy atom. The van der Waals surface area contributed by atoms with E-state index in [9.17, 15) is 4.79 Å². The number of ether oxygens (including phenoxy) is 2. The highest BCUT2D eigenvalue weighted by Crippen LogP contribution is 2.23. The zero-order chi connectivity index (χ0) is 17.9. The predicted molar refractivity (Wildman–Crippen MR) is 96.5 cm³/mol. The highest BCUT2D eigenvalue weighted by molar-refractivity contribution is 5.87. The lowest BCUT2D eigenvalue weighted by Gasteiger charge is -2.31. The number of rotatable bonds is 3. The highest BCUT2D eigenvalue weighted by Gasteiger charge is 2.26. The van der Waals surface area contributed by atoms with E-state index in [1.165, 1.54) is 4.68 Å². The monoisotopic (exact) mass is 352 g/mol. The Balaban J connectivity index is 1.39. The van der Waals surface area contributed by atoms with Gasteiger partial charge in [-0.3, -0.25) is 0 Å². The molecular weight excluding hydrogens is 332 g/mol. The lowest BCUT2D eigenvalue weighted by Crippen LogP contribution is -2.43. The molecule has 26 heavy (non-hydrogen) atoms. The van der Waals surface area contributed by atoms with Crippen LogP contribution in [0.3, 0.4) is 0 Å². The van der Waals surface area contributed by atoms with Gasteiger partial charge in [0.05, 0.1) is 12.6 Å². The van der Waals surface area contributed by atoms with Crippen LogP contribution in [0.4, 0.5) is 4.79 Å². The number of carbonyl (C=O) groups excluding carboxylic acids is 1. The van der Waals surface area contributed by atoms with Gasteiger partial charge in [-0.1, -0.05) is 23.4 Å². The van der Waals surface area contributed by atoms with Crippen LogP contribution in [-0.2, 0) is 0 Å². The first-order chi connectivity index (χ1) is 12.7. The number of fused-ring (bicyclic) bond motifs is 1. The van der Waals surface area contributed by atoms with E-state index < -0.39 is 0 Å². The van der Waals surface area contributed by atoms with Gasteiger partial charge in [-0.25, -0.2) is 4.79 Å². The molecule has 0 N–H and O–H groups in total. The molecule has 134 valence electrons. The number of piperidine rings is 1. The Kier molecular flexibility index (Phi) is 4.43. The van der Waals surface area contributed by atoms with Gasteiger partial charge >= 0.3 is 6.03 Å². The Morgan fingerprint density at radius 3 is 2.65 bits per heavy atom. The van der Waals surface area contributed by atoms with Crippen LogP contribution >= 0.6 is 0 Å². The fraction of sp³-hybridized carbons (Fsp3) is 0.316. The molecule has 1 saturated heterocycles. The van der Waals surface area contributed by atoms with E-state index in [4.69, 9.17) is 9.47 Å². The summed E-state index contributed by atoms with van der Waals surface area (Å²) in [6, 6.07) is 14.9. The third-order valence-corrected chi connectivity index (χ3v) is 4.59. The second kappa shape index (κ2) is 7.03. The molecule has 7 heteroatoms. The second-order valence-electron chi connectivity index (χ2n) is 6.26. The Labute approximate surface area is 151 Å². The fourth-order valence-electron chi connectivity index (χ4n) is 3.18. The minimum absolute atomic E-state index is 0.0821. The first-order valence-electron chi connectivity index (χ1n) is 8.65. The molecule has 0 spiro atoms. The maximum absolute atomic E-state index is 12.8. The predicted octanol–water partition coefficient (Wildman–Crippen LogP) is 2.95. The summed E-state index contributed by atoms with van der Waals surface area (Å²) < 4.78 is 12.6. The number of benzene rings is 2. The van der Waals surface area contributed by atoms with Crippen molar-refractivity contribution in [2.45, 2.75) is 18.9 Å². The van der Waals surface area contributed by atoms with Crippen LogP contribution in [0.2, 0.25) is 0 Å². The number of likely N-dealkylation sites (tertiary alicyclic amines) is 1. The van der Waals surface area contributed by atoms with E-state index in [2.05, 4.69) is 10.3 Å². The van der Waals surface area contributed by atoms with Crippen molar-refractivity contribution in [2.24, 2.45) is 0 Å². The molecule has 3 aromatic rings. The molecule has 1 fully saturated rings. The molecule has 1 amide bonds. The highest BCUT2D eigenvalue weighted by atomic mass is 16.5. The number of hydrogen-bond acceptors (Lipinski definition) is 5. The number of amides is 1. The van der Waals surface area contributed by atoms with Gasteiger partial charge < -0.3 is 14.4 Å². The molecule has 1 aliphatic rings. The van der Waals surface area contributed by atoms with Crippen LogP contribution in [0, 0.1) is 0 Å². The van der Waals surface area contributed by atoms with Crippen LogP contribution in [0.5, 0.6) is 11.5 Å². The number of para-hydroxylation sites is 1. The Hall–Kier alpha value is -3.09. The van der Waals surface area contributed by atoms with Crippen molar-refractivity contribution in [3.63, 3.8) is 0 Å². The standard InChI is InChI=1S/C19H20N4O3/c1-25-15-5-4-6-16(13-15)26-14-9-11-22(12-10-14)19(24)23-18-8-3-2-7-17(18)20-21-23/h2-8,13-14H,9-12H2,1H3. The van der Waals surface area contributed by atoms with Crippen LogP contribution in [-0.4, -0.2) is 52.2 Å². The summed E-state index contributed by atoms with van der Waals surface area (Å²) in [7, 11) is 1.64. The third kappa shape index (κ3) is 3.20. The molecule has 4 rings (SSSR count). The van der Waals surface area contributed by atoms with Gasteiger partial charge in [-0.05, 0) is 24.3 Å². The average molecular weight is 352 g/mol. The van der Waals surface area contributed by atoms with Crippen LogP contribution < -0.4 is 9.47 Å². The molecule has 0 unspecified atom stereocenters. The van der Waals surface area contributed by atoms with E-state index >= 15 is 0 Å². The van der Waals surface area contributed by atoms with E-state index in [1.54, 1.807) is 12.0 Å². The van der Waals surface area contributed by atoms with Crippen LogP contribution in [0.1, 0.15) is 12.8 Å². The number of hydrogen-bond donors (Lipinski definition) is 0. The zero-order valence-electron chi connectivity index (χ0n) is 14.5. The number of nitrogens with zero attached hydrogens (tertiary/aromatic N) is 4. The van der Waals surface area contributed by atoms with E-state index in [0.717, 1.165) is 35.4 Å². The molecule has 0 atom stereocenters. The fourth-order valence-corrected chi connectivity index (χ4v) is 3.18. The van der Waals surface area contributed by atoms with Gasteiger partial charge in [-0.2, -0.15) is 4.68 Å². The average Bonchev–Trinajstić information content (AvgIpc) is 3.12. The van der Waals surface area contributed by atoms with Gasteiger partial charge in [-0.15, -0.1) is 5.10 Å². The van der Waals surface area contributed by atoms with E-state index in [0.29, 0.717) is 13.1 Å². The molecule has 7 nitrogen and oxygen atoms in total. The molecule has 0 bridgehead atoms. The minimum atomic E-state index is -0.140. The molecule has 1 aliphatic heterocycles. The van der Waals surface area contributed by atoms with Crippen molar-refractivity contribution in [2.75, 3.05) is 20.2 Å². The van der Waals surface area contributed by atoms with Gasteiger partial charge in [0.2, 0.25) is 0 Å². The first kappa shape index (κ1) is 16.4. The number of carbonyl (C=O) groups is 1. The van der Waals surface area contributed by atoms with Gasteiger partial charge in [0, 0.05) is 32.0 Å². The zero-order valence-corrected chi connectivity index (χ0v) is 14.5. The second-order valence-corrected chi connectivity index (χ2v) is 6.26. The summed E-state index contributed by atoms with van der Waals surface area (Å²) in [4.78, 5) is 14.6. The Bertz CT molecular complexity index is 916. The van der Waals surface area contributed by atoms with Crippen LogP contribution in [0.25, 0.3) is 11.0 Å². The molecule has 0 radical (unpaired) electrons.